The van der Waals surface area contributed by atoms with Crippen LogP contribution in [0.2, 0.25) is 0 Å². The molecule has 27 heavy (non-hydrogen) atoms. The number of ether oxygens (including phenoxy) is 1. The fraction of sp³-hybridized carbons (Fsp3) is 0.190. The molecule has 0 spiro atoms. The molecule has 3 rings (SSSR count). The SMILES string of the molecule is C#CCOc1ccc(CC(C(=O)CBr)N2C(=O)c3ccccc3C2=O)cc1. The zero-order valence-corrected chi connectivity index (χ0v) is 15.9. The number of terminal acetylenes is 1. The van der Waals surface area contributed by atoms with Gasteiger partial charge in [0.2, 0.25) is 0 Å². The van der Waals surface area contributed by atoms with Crippen LogP contribution in [0.3, 0.4) is 0 Å². The molecule has 136 valence electrons. The summed E-state index contributed by atoms with van der Waals surface area (Å²) in [6.07, 6.45) is 5.39. The largest absolute Gasteiger partial charge is 0.481 e. The Kier molecular flexibility index (Phi) is 5.72. The quantitative estimate of drug-likeness (QED) is 0.388. The topological polar surface area (TPSA) is 63.7 Å². The summed E-state index contributed by atoms with van der Waals surface area (Å²) >= 11 is 3.15. The predicted octanol–water partition coefficient (Wildman–Crippen LogP) is 2.87. The molecular weight excluding hydrogens is 410 g/mol. The molecule has 0 bridgehead atoms. The highest BCUT2D eigenvalue weighted by atomic mass is 79.9. The number of ketones is 1. The molecule has 2 aromatic rings. The average molecular weight is 426 g/mol. The van der Waals surface area contributed by atoms with Crippen molar-refractivity contribution >= 4 is 33.5 Å². The Morgan fingerprint density at radius 3 is 2.19 bits per heavy atom. The maximum absolute atomic E-state index is 12.7. The third kappa shape index (κ3) is 3.79. The minimum atomic E-state index is -0.880. The summed E-state index contributed by atoms with van der Waals surface area (Å²) in [6, 6.07) is 12.8. The normalized spacial score (nSPS) is 13.9. The number of carbonyl (C=O) groups excluding carboxylic acids is 3. The molecule has 0 aliphatic carbocycles. The number of alkyl halides is 1. The number of halogens is 1. The Hall–Kier alpha value is -2.91. The van der Waals surface area contributed by atoms with Crippen LogP contribution in [0.1, 0.15) is 26.3 Å². The highest BCUT2D eigenvalue weighted by molar-refractivity contribution is 9.09. The van der Waals surface area contributed by atoms with E-state index in [9.17, 15) is 14.4 Å². The van der Waals surface area contributed by atoms with Crippen LogP contribution in [0.15, 0.2) is 48.5 Å². The Morgan fingerprint density at radius 2 is 1.67 bits per heavy atom. The molecule has 0 radical (unpaired) electrons. The second kappa shape index (κ2) is 8.19. The van der Waals surface area contributed by atoms with E-state index in [1.807, 2.05) is 0 Å². The summed E-state index contributed by atoms with van der Waals surface area (Å²) in [4.78, 5) is 39.0. The maximum Gasteiger partial charge on any atom is 0.262 e. The Morgan fingerprint density at radius 1 is 1.07 bits per heavy atom. The third-order valence-corrected chi connectivity index (χ3v) is 4.87. The van der Waals surface area contributed by atoms with Crippen LogP contribution in [0.4, 0.5) is 0 Å². The molecule has 6 heteroatoms. The summed E-state index contributed by atoms with van der Waals surface area (Å²) in [5.74, 6) is 1.88. The first-order valence-electron chi connectivity index (χ1n) is 8.27. The minimum absolute atomic E-state index is 0.0500. The molecular formula is C21H16BrNO4. The third-order valence-electron chi connectivity index (χ3n) is 4.32. The number of nitrogens with zero attached hydrogens (tertiary/aromatic N) is 1. The van der Waals surface area contributed by atoms with E-state index in [4.69, 9.17) is 11.2 Å². The van der Waals surface area contributed by atoms with Gasteiger partial charge in [0.1, 0.15) is 18.4 Å². The van der Waals surface area contributed by atoms with Crippen LogP contribution >= 0.6 is 15.9 Å². The zero-order chi connectivity index (χ0) is 19.4. The van der Waals surface area contributed by atoms with Gasteiger partial charge < -0.3 is 4.74 Å². The van der Waals surface area contributed by atoms with E-state index in [0.29, 0.717) is 16.9 Å². The van der Waals surface area contributed by atoms with Gasteiger partial charge in [-0.2, -0.15) is 0 Å². The van der Waals surface area contributed by atoms with Gasteiger partial charge >= 0.3 is 0 Å². The van der Waals surface area contributed by atoms with E-state index in [2.05, 4.69) is 21.9 Å². The molecule has 1 heterocycles. The molecule has 2 amide bonds. The standard InChI is InChI=1S/C21H16BrNO4/c1-2-11-27-15-9-7-14(8-10-15)12-18(19(24)13-22)23-20(25)16-5-3-4-6-17(16)21(23)26/h1,3-10,18H,11-13H2. The summed E-state index contributed by atoms with van der Waals surface area (Å²) in [5.41, 5.74) is 1.46. The minimum Gasteiger partial charge on any atom is -0.481 e. The first kappa shape index (κ1) is 18.9. The average Bonchev–Trinajstić information content (AvgIpc) is 2.96. The Labute approximate surface area is 165 Å². The van der Waals surface area contributed by atoms with Gasteiger partial charge in [-0.25, -0.2) is 0 Å². The van der Waals surface area contributed by atoms with E-state index in [-0.39, 0.29) is 24.1 Å². The zero-order valence-electron chi connectivity index (χ0n) is 14.4. The van der Waals surface area contributed by atoms with Gasteiger partial charge in [-0.3, -0.25) is 19.3 Å². The number of carbonyl (C=O) groups is 3. The van der Waals surface area contributed by atoms with E-state index in [1.54, 1.807) is 48.5 Å². The molecule has 2 aromatic carbocycles. The van der Waals surface area contributed by atoms with Crippen LogP contribution in [0, 0.1) is 12.3 Å². The number of Topliss-reactive ketones (excluding diaryl/α,β-unsaturated/α-hetero) is 1. The lowest BCUT2D eigenvalue weighted by molar-refractivity contribution is -0.120. The van der Waals surface area contributed by atoms with E-state index in [1.165, 1.54) is 0 Å². The lowest BCUT2D eigenvalue weighted by atomic mass is 10.0. The van der Waals surface area contributed by atoms with Gasteiger partial charge in [0, 0.05) is 6.42 Å². The summed E-state index contributed by atoms with van der Waals surface area (Å²) in [5, 5.41) is 0.0500. The number of amides is 2. The molecule has 0 saturated carbocycles. The van der Waals surface area contributed by atoms with Crippen LogP contribution in [-0.4, -0.2) is 40.5 Å². The predicted molar refractivity (Wildman–Crippen MR) is 104 cm³/mol. The fourth-order valence-corrected chi connectivity index (χ4v) is 3.37. The van der Waals surface area contributed by atoms with Crippen molar-refractivity contribution in [3.63, 3.8) is 0 Å². The number of rotatable bonds is 7. The number of imide groups is 1. The summed E-state index contributed by atoms with van der Waals surface area (Å²) in [6.45, 7) is 0.166. The first-order valence-corrected chi connectivity index (χ1v) is 9.39. The Balaban J connectivity index is 1.86. The van der Waals surface area contributed by atoms with Crippen molar-refractivity contribution in [3.05, 3.63) is 65.2 Å². The molecule has 0 saturated heterocycles. The van der Waals surface area contributed by atoms with Gasteiger partial charge in [0.15, 0.2) is 5.78 Å². The molecule has 1 aliphatic heterocycles. The van der Waals surface area contributed by atoms with Crippen molar-refractivity contribution in [3.8, 4) is 18.1 Å². The van der Waals surface area contributed by atoms with Gasteiger partial charge in [0.25, 0.3) is 11.8 Å². The van der Waals surface area contributed by atoms with Gasteiger partial charge in [-0.05, 0) is 29.8 Å². The smallest absolute Gasteiger partial charge is 0.262 e. The number of hydrogen-bond donors (Lipinski definition) is 0. The molecule has 1 atom stereocenters. The van der Waals surface area contributed by atoms with Crippen molar-refractivity contribution in [2.75, 3.05) is 11.9 Å². The van der Waals surface area contributed by atoms with E-state index >= 15 is 0 Å². The molecule has 0 N–H and O–H groups in total. The Bertz CT molecular complexity index is 895. The van der Waals surface area contributed by atoms with Crippen LogP contribution in [0.5, 0.6) is 5.75 Å². The highest BCUT2D eigenvalue weighted by Crippen LogP contribution is 2.27. The lowest BCUT2D eigenvalue weighted by Gasteiger charge is -2.24. The van der Waals surface area contributed by atoms with Crippen molar-refractivity contribution in [2.24, 2.45) is 0 Å². The molecule has 5 nitrogen and oxygen atoms in total. The number of benzene rings is 2. The van der Waals surface area contributed by atoms with Crippen molar-refractivity contribution in [1.29, 1.82) is 0 Å². The van der Waals surface area contributed by atoms with Gasteiger partial charge in [0.05, 0.1) is 16.5 Å². The van der Waals surface area contributed by atoms with Gasteiger partial charge in [-0.1, -0.05) is 46.1 Å². The second-order valence-electron chi connectivity index (χ2n) is 5.98. The fourth-order valence-electron chi connectivity index (χ4n) is 3.00. The van der Waals surface area contributed by atoms with E-state index < -0.39 is 17.9 Å². The van der Waals surface area contributed by atoms with Crippen LogP contribution in [-0.2, 0) is 11.2 Å². The lowest BCUT2D eigenvalue weighted by Crippen LogP contribution is -2.46. The second-order valence-corrected chi connectivity index (χ2v) is 6.54. The van der Waals surface area contributed by atoms with Crippen molar-refractivity contribution in [2.45, 2.75) is 12.5 Å². The number of hydrogen-bond acceptors (Lipinski definition) is 4. The summed E-state index contributed by atoms with van der Waals surface area (Å²) in [7, 11) is 0. The first-order chi connectivity index (χ1) is 13.1. The van der Waals surface area contributed by atoms with Crippen LogP contribution < -0.4 is 4.74 Å². The van der Waals surface area contributed by atoms with Crippen LogP contribution in [0.25, 0.3) is 0 Å². The molecule has 1 aliphatic rings. The molecule has 1 unspecified atom stereocenters. The number of fused-ring (bicyclic) bond motifs is 1. The maximum atomic E-state index is 12.7. The molecule has 0 fully saturated rings. The van der Waals surface area contributed by atoms with E-state index in [0.717, 1.165) is 10.5 Å². The highest BCUT2D eigenvalue weighted by Gasteiger charge is 2.42. The van der Waals surface area contributed by atoms with Crippen molar-refractivity contribution in [1.82, 2.24) is 4.90 Å². The van der Waals surface area contributed by atoms with Gasteiger partial charge in [-0.15, -0.1) is 6.42 Å². The molecule has 0 aromatic heterocycles. The van der Waals surface area contributed by atoms with Crippen molar-refractivity contribution < 1.29 is 19.1 Å². The summed E-state index contributed by atoms with van der Waals surface area (Å²) < 4.78 is 5.33. The monoisotopic (exact) mass is 425 g/mol.